The van der Waals surface area contributed by atoms with E-state index in [9.17, 15) is 0 Å². The fourth-order valence-electron chi connectivity index (χ4n) is 1.87. The minimum atomic E-state index is 0.291. The Balaban J connectivity index is 1.98. The zero-order valence-electron chi connectivity index (χ0n) is 10.4. The van der Waals surface area contributed by atoms with Crippen LogP contribution in [0.4, 0.5) is 5.82 Å². The van der Waals surface area contributed by atoms with Gasteiger partial charge in [-0.15, -0.1) is 0 Å². The van der Waals surface area contributed by atoms with E-state index in [1.54, 1.807) is 0 Å². The van der Waals surface area contributed by atoms with E-state index < -0.39 is 0 Å². The molecule has 0 spiro atoms. The molecule has 6 nitrogen and oxygen atoms in total. The number of hydrogen-bond acceptors (Lipinski definition) is 6. The third-order valence-corrected chi connectivity index (χ3v) is 3.03. The zero-order valence-corrected chi connectivity index (χ0v) is 11.2. The molecule has 0 saturated carbocycles. The van der Waals surface area contributed by atoms with E-state index in [0.29, 0.717) is 28.7 Å². The molecule has 0 atom stereocenters. The van der Waals surface area contributed by atoms with Gasteiger partial charge >= 0.3 is 0 Å². The number of nitrogens with one attached hydrogen (secondary N) is 1. The monoisotopic (exact) mass is 285 g/mol. The highest BCUT2D eigenvalue weighted by Crippen LogP contribution is 2.20. The fraction of sp³-hybridized carbons (Fsp3) is 0.0769. The molecule has 0 unspecified atom stereocenters. The number of nitrogens with zero attached hydrogens (tertiary/aromatic N) is 3. The molecule has 3 N–H and O–H groups in total. The number of anilines is 1. The molecule has 0 fully saturated rings. The minimum absolute atomic E-state index is 0.291. The van der Waals surface area contributed by atoms with Crippen LogP contribution >= 0.6 is 12.2 Å². The van der Waals surface area contributed by atoms with Gasteiger partial charge < -0.3 is 15.6 Å². The molecule has 0 saturated heterocycles. The molecule has 3 aromatic rings. The second-order valence-corrected chi connectivity index (χ2v) is 4.58. The number of nitrogens with two attached hydrogens (primary N) is 1. The second-order valence-electron chi connectivity index (χ2n) is 4.14. The highest BCUT2D eigenvalue weighted by molar-refractivity contribution is 7.80. The highest BCUT2D eigenvalue weighted by atomic mass is 32.1. The first-order chi connectivity index (χ1) is 9.74. The molecule has 0 bridgehead atoms. The smallest absolute Gasteiger partial charge is 0.213 e. The Morgan fingerprint density at radius 1 is 1.35 bits per heavy atom. The lowest BCUT2D eigenvalue weighted by Crippen LogP contribution is -2.15. The molecular weight excluding hydrogens is 274 g/mol. The first-order valence-corrected chi connectivity index (χ1v) is 6.33. The Morgan fingerprint density at radius 3 is 2.95 bits per heavy atom. The normalized spacial score (nSPS) is 10.6. The lowest BCUT2D eigenvalue weighted by Gasteiger charge is -2.10. The van der Waals surface area contributed by atoms with Gasteiger partial charge in [-0.25, -0.2) is 4.98 Å². The van der Waals surface area contributed by atoms with E-state index in [1.165, 1.54) is 6.39 Å². The molecule has 0 aliphatic carbocycles. The van der Waals surface area contributed by atoms with Crippen molar-refractivity contribution in [2.75, 3.05) is 5.32 Å². The van der Waals surface area contributed by atoms with Crippen molar-refractivity contribution in [3.05, 3.63) is 48.1 Å². The van der Waals surface area contributed by atoms with Crippen LogP contribution in [0.3, 0.4) is 0 Å². The Hall–Kier alpha value is -2.54. The number of para-hydroxylation sites is 1. The summed E-state index contributed by atoms with van der Waals surface area (Å²) in [6.45, 7) is 0.386. The van der Waals surface area contributed by atoms with Gasteiger partial charge in [-0.3, -0.25) is 0 Å². The van der Waals surface area contributed by atoms with E-state index in [2.05, 4.69) is 25.0 Å². The van der Waals surface area contributed by atoms with Crippen LogP contribution in [0.5, 0.6) is 0 Å². The van der Waals surface area contributed by atoms with E-state index in [-0.39, 0.29) is 0 Å². The predicted octanol–water partition coefficient (Wildman–Crippen LogP) is 1.86. The molecule has 0 aliphatic rings. The molecule has 2 heterocycles. The number of benzene rings is 1. The summed E-state index contributed by atoms with van der Waals surface area (Å²) in [4.78, 5) is 8.76. The van der Waals surface area contributed by atoms with Crippen LogP contribution in [-0.2, 0) is 6.54 Å². The van der Waals surface area contributed by atoms with Gasteiger partial charge in [0.2, 0.25) is 6.39 Å². The number of fused-ring (bicyclic) bond motifs is 1. The molecule has 20 heavy (non-hydrogen) atoms. The number of pyridine rings is 1. The maximum absolute atomic E-state index is 5.76. The largest absolute Gasteiger partial charge is 0.389 e. The maximum Gasteiger partial charge on any atom is 0.213 e. The van der Waals surface area contributed by atoms with Crippen LogP contribution in [0.25, 0.3) is 10.9 Å². The summed E-state index contributed by atoms with van der Waals surface area (Å²) in [5, 5.41) is 7.84. The highest BCUT2D eigenvalue weighted by Gasteiger charge is 2.10. The predicted molar refractivity (Wildman–Crippen MR) is 79.3 cm³/mol. The third-order valence-electron chi connectivity index (χ3n) is 2.81. The van der Waals surface area contributed by atoms with Crippen molar-refractivity contribution < 1.29 is 4.52 Å². The summed E-state index contributed by atoms with van der Waals surface area (Å²) in [6, 6.07) is 9.69. The van der Waals surface area contributed by atoms with Crippen LogP contribution in [0.2, 0.25) is 0 Å². The molecule has 1 aromatic carbocycles. The van der Waals surface area contributed by atoms with Crippen molar-refractivity contribution in [2.24, 2.45) is 5.73 Å². The molecule has 100 valence electrons. The van der Waals surface area contributed by atoms with Gasteiger partial charge in [-0.2, -0.15) is 4.98 Å². The van der Waals surface area contributed by atoms with Gasteiger partial charge in [0.1, 0.15) is 10.8 Å². The van der Waals surface area contributed by atoms with Crippen LogP contribution < -0.4 is 11.1 Å². The van der Waals surface area contributed by atoms with E-state index >= 15 is 0 Å². The maximum atomic E-state index is 5.76. The van der Waals surface area contributed by atoms with Crippen LogP contribution in [0.15, 0.2) is 41.2 Å². The average molecular weight is 285 g/mol. The first kappa shape index (κ1) is 12.5. The topological polar surface area (TPSA) is 89.9 Å². The SMILES string of the molecule is NC(=S)c1cc2ccccc2nc1NCc1ncon1. The average Bonchev–Trinajstić information content (AvgIpc) is 2.97. The number of thiocarbonyl (C=S) groups is 1. The zero-order chi connectivity index (χ0) is 13.9. The van der Waals surface area contributed by atoms with Gasteiger partial charge in [0.15, 0.2) is 5.82 Å². The molecule has 2 aromatic heterocycles. The van der Waals surface area contributed by atoms with Crippen molar-refractivity contribution >= 4 is 33.9 Å². The Labute approximate surface area is 120 Å². The quantitative estimate of drug-likeness (QED) is 0.707. The minimum Gasteiger partial charge on any atom is -0.389 e. The Bertz CT molecular complexity index is 757. The molecule has 3 rings (SSSR count). The Morgan fingerprint density at radius 2 is 2.20 bits per heavy atom. The summed E-state index contributed by atoms with van der Waals surface area (Å²) in [7, 11) is 0. The van der Waals surface area contributed by atoms with Gasteiger partial charge in [-0.05, 0) is 12.1 Å². The molecule has 7 heteroatoms. The van der Waals surface area contributed by atoms with Gasteiger partial charge in [-0.1, -0.05) is 35.6 Å². The lowest BCUT2D eigenvalue weighted by molar-refractivity contribution is 0.411. The summed E-state index contributed by atoms with van der Waals surface area (Å²) in [5.41, 5.74) is 7.32. The molecule has 0 radical (unpaired) electrons. The third kappa shape index (κ3) is 2.43. The second kappa shape index (κ2) is 5.22. The summed E-state index contributed by atoms with van der Waals surface area (Å²) < 4.78 is 4.68. The number of rotatable bonds is 4. The van der Waals surface area contributed by atoms with Crippen molar-refractivity contribution in [2.45, 2.75) is 6.54 Å². The summed E-state index contributed by atoms with van der Waals surface area (Å²) in [5.74, 6) is 1.15. The van der Waals surface area contributed by atoms with Gasteiger partial charge in [0.05, 0.1) is 17.6 Å². The first-order valence-electron chi connectivity index (χ1n) is 5.93. The van der Waals surface area contributed by atoms with Crippen molar-refractivity contribution in [3.8, 4) is 0 Å². The van der Waals surface area contributed by atoms with Crippen LogP contribution in [0.1, 0.15) is 11.4 Å². The fourth-order valence-corrected chi connectivity index (χ4v) is 2.03. The van der Waals surface area contributed by atoms with Crippen molar-refractivity contribution in [1.82, 2.24) is 15.1 Å². The number of aromatic nitrogens is 3. The van der Waals surface area contributed by atoms with Crippen LogP contribution in [0, 0.1) is 0 Å². The van der Waals surface area contributed by atoms with Gasteiger partial charge in [0.25, 0.3) is 0 Å². The van der Waals surface area contributed by atoms with Crippen molar-refractivity contribution in [1.29, 1.82) is 0 Å². The molecule has 0 aliphatic heterocycles. The Kier molecular flexibility index (Phi) is 3.26. The van der Waals surface area contributed by atoms with E-state index in [1.807, 2.05) is 30.3 Å². The number of hydrogen-bond donors (Lipinski definition) is 2. The summed E-state index contributed by atoms with van der Waals surface area (Å²) >= 11 is 5.07. The van der Waals surface area contributed by atoms with E-state index in [4.69, 9.17) is 18.0 Å². The van der Waals surface area contributed by atoms with E-state index in [0.717, 1.165) is 10.9 Å². The molecular formula is C13H11N5OS. The van der Waals surface area contributed by atoms with Crippen molar-refractivity contribution in [3.63, 3.8) is 0 Å². The molecule has 0 amide bonds. The summed E-state index contributed by atoms with van der Waals surface area (Å²) in [6.07, 6.45) is 1.28. The standard InChI is InChI=1S/C13H11N5OS/c14-12(20)9-5-8-3-1-2-4-10(8)17-13(9)15-6-11-16-7-19-18-11/h1-5,7H,6H2,(H2,14,20)(H,15,17). The lowest BCUT2D eigenvalue weighted by atomic mass is 10.1. The van der Waals surface area contributed by atoms with Gasteiger partial charge in [0, 0.05) is 5.39 Å². The van der Waals surface area contributed by atoms with Crippen LogP contribution in [-0.4, -0.2) is 20.1 Å².